The Morgan fingerprint density at radius 1 is 0.537 bits per heavy atom. The SMILES string of the molecule is Cc1ccccc1-c1ccccc1C1c2ccccc2N2c3cc(C(C)(C)C)cc4c3B(c3ccc(C(C)C)cc3N4c3ccccc3)c3cccc1c32. The highest BCUT2D eigenvalue weighted by molar-refractivity contribution is 7.00. The Labute approximate surface area is 320 Å². The predicted octanol–water partition coefficient (Wildman–Crippen LogP) is 11.7. The standard InChI is InChI=1S/C51H45BN2/c1-32(2)34-27-28-42-45(29-34)53(36-18-8-7-9-19-36)46-30-35(51(4,5)6)31-47-49(46)52(42)43-25-16-24-41-48(40-23-14-15-26-44(40)54(47)50(41)43)39-22-13-12-21-38(39)37-20-11-10-17-33(37)3/h7-32,48H,1-6H3. The molecule has 7 aromatic rings. The topological polar surface area (TPSA) is 6.48 Å². The smallest absolute Gasteiger partial charge is 0.252 e. The lowest BCUT2D eigenvalue weighted by atomic mass is 9.33. The zero-order valence-electron chi connectivity index (χ0n) is 32.1. The van der Waals surface area contributed by atoms with Gasteiger partial charge in [-0.25, -0.2) is 0 Å². The molecule has 2 nitrogen and oxygen atoms in total. The molecule has 0 bridgehead atoms. The summed E-state index contributed by atoms with van der Waals surface area (Å²) >= 11 is 0. The van der Waals surface area contributed by atoms with Crippen molar-refractivity contribution in [3.8, 4) is 11.1 Å². The van der Waals surface area contributed by atoms with E-state index in [1.807, 2.05) is 0 Å². The molecule has 0 spiro atoms. The number of benzene rings is 7. The van der Waals surface area contributed by atoms with Crippen molar-refractivity contribution in [3.05, 3.63) is 185 Å². The Kier molecular flexibility index (Phi) is 7.36. The highest BCUT2D eigenvalue weighted by Crippen LogP contribution is 2.55. The number of para-hydroxylation sites is 3. The molecule has 3 heterocycles. The minimum Gasteiger partial charge on any atom is -0.311 e. The van der Waals surface area contributed by atoms with Crippen molar-refractivity contribution in [2.45, 2.75) is 58.8 Å². The van der Waals surface area contributed by atoms with Gasteiger partial charge < -0.3 is 9.80 Å². The van der Waals surface area contributed by atoms with Crippen molar-refractivity contribution < 1.29 is 0 Å². The number of aryl methyl sites for hydroxylation is 1. The van der Waals surface area contributed by atoms with E-state index in [0.717, 1.165) is 0 Å². The summed E-state index contributed by atoms with van der Waals surface area (Å²) in [6, 6.07) is 57.6. The second-order valence-corrected chi connectivity index (χ2v) is 16.8. The fraction of sp³-hybridized carbons (Fsp3) is 0.176. The maximum Gasteiger partial charge on any atom is 0.252 e. The van der Waals surface area contributed by atoms with E-state index in [9.17, 15) is 0 Å². The Balaban J connectivity index is 1.31. The molecular formula is C51H45BN2. The third kappa shape index (κ3) is 4.80. The number of hydrogen-bond acceptors (Lipinski definition) is 2. The van der Waals surface area contributed by atoms with Crippen LogP contribution in [0.25, 0.3) is 11.1 Å². The molecular weight excluding hydrogens is 651 g/mol. The fourth-order valence-corrected chi connectivity index (χ4v) is 9.52. The zero-order chi connectivity index (χ0) is 36.9. The molecule has 262 valence electrons. The molecule has 0 fully saturated rings. The average Bonchev–Trinajstić information content (AvgIpc) is 3.18. The van der Waals surface area contributed by atoms with Gasteiger partial charge in [-0.3, -0.25) is 0 Å². The lowest BCUT2D eigenvalue weighted by molar-refractivity contribution is 0.590. The fourth-order valence-electron chi connectivity index (χ4n) is 9.52. The molecule has 0 saturated heterocycles. The van der Waals surface area contributed by atoms with Crippen LogP contribution in [0.1, 0.15) is 79.8 Å². The van der Waals surface area contributed by atoms with Gasteiger partial charge in [0.25, 0.3) is 6.71 Å². The van der Waals surface area contributed by atoms with Crippen molar-refractivity contribution in [1.29, 1.82) is 0 Å². The van der Waals surface area contributed by atoms with Crippen LogP contribution in [-0.2, 0) is 5.41 Å². The zero-order valence-corrected chi connectivity index (χ0v) is 32.1. The molecule has 3 heteroatoms. The number of fused-ring (bicyclic) bond motifs is 6. The normalized spacial score (nSPS) is 15.1. The van der Waals surface area contributed by atoms with Gasteiger partial charge in [0, 0.05) is 34.4 Å². The van der Waals surface area contributed by atoms with E-state index in [4.69, 9.17) is 0 Å². The van der Waals surface area contributed by atoms with Crippen LogP contribution in [0.2, 0.25) is 0 Å². The molecule has 1 unspecified atom stereocenters. The summed E-state index contributed by atoms with van der Waals surface area (Å²) < 4.78 is 0. The molecule has 1 atom stereocenters. The number of anilines is 6. The predicted molar refractivity (Wildman–Crippen MR) is 231 cm³/mol. The molecule has 3 aliphatic heterocycles. The molecule has 10 rings (SSSR count). The van der Waals surface area contributed by atoms with Crippen LogP contribution in [0.5, 0.6) is 0 Å². The van der Waals surface area contributed by atoms with Crippen molar-refractivity contribution in [2.24, 2.45) is 0 Å². The van der Waals surface area contributed by atoms with Gasteiger partial charge in [-0.15, -0.1) is 0 Å². The van der Waals surface area contributed by atoms with Crippen LogP contribution in [0.4, 0.5) is 34.1 Å². The van der Waals surface area contributed by atoms with Gasteiger partial charge in [0.05, 0.1) is 5.69 Å². The quantitative estimate of drug-likeness (QED) is 0.169. The Morgan fingerprint density at radius 2 is 1.19 bits per heavy atom. The maximum atomic E-state index is 2.63. The highest BCUT2D eigenvalue weighted by Gasteiger charge is 2.47. The van der Waals surface area contributed by atoms with E-state index >= 15 is 0 Å². The highest BCUT2D eigenvalue weighted by atomic mass is 15.2. The van der Waals surface area contributed by atoms with E-state index in [1.54, 1.807) is 0 Å². The first-order valence-corrected chi connectivity index (χ1v) is 19.5. The molecule has 0 amide bonds. The summed E-state index contributed by atoms with van der Waals surface area (Å²) in [6.45, 7) is 14.0. The largest absolute Gasteiger partial charge is 0.311 e. The van der Waals surface area contributed by atoms with E-state index < -0.39 is 0 Å². The first-order valence-electron chi connectivity index (χ1n) is 19.5. The molecule has 7 aromatic carbocycles. The van der Waals surface area contributed by atoms with Crippen molar-refractivity contribution in [3.63, 3.8) is 0 Å². The third-order valence-electron chi connectivity index (χ3n) is 12.2. The Hall–Kier alpha value is -5.80. The minimum atomic E-state index is -0.0619. The molecule has 0 N–H and O–H groups in total. The lowest BCUT2D eigenvalue weighted by Gasteiger charge is -2.48. The molecule has 3 aliphatic rings. The van der Waals surface area contributed by atoms with Gasteiger partial charge in [-0.1, -0.05) is 150 Å². The van der Waals surface area contributed by atoms with Crippen LogP contribution in [0, 0.1) is 6.92 Å². The average molecular weight is 697 g/mol. The van der Waals surface area contributed by atoms with Gasteiger partial charge in [-0.05, 0) is 116 Å². The second-order valence-electron chi connectivity index (χ2n) is 16.8. The van der Waals surface area contributed by atoms with Gasteiger partial charge in [0.1, 0.15) is 0 Å². The van der Waals surface area contributed by atoms with E-state index in [1.165, 1.54) is 95.0 Å². The van der Waals surface area contributed by atoms with Crippen molar-refractivity contribution in [2.75, 3.05) is 9.80 Å². The summed E-state index contributed by atoms with van der Waals surface area (Å²) in [5, 5.41) is 0. The molecule has 0 saturated carbocycles. The minimum absolute atomic E-state index is 0.0619. The van der Waals surface area contributed by atoms with Crippen LogP contribution in [0.3, 0.4) is 0 Å². The van der Waals surface area contributed by atoms with Gasteiger partial charge in [-0.2, -0.15) is 0 Å². The van der Waals surface area contributed by atoms with E-state index in [-0.39, 0.29) is 18.0 Å². The summed E-state index contributed by atoms with van der Waals surface area (Å²) in [4.78, 5) is 5.19. The summed E-state index contributed by atoms with van der Waals surface area (Å²) in [7, 11) is 0. The second kappa shape index (κ2) is 12.1. The number of hydrogen-bond donors (Lipinski definition) is 0. The first-order chi connectivity index (χ1) is 26.2. The van der Waals surface area contributed by atoms with Crippen molar-refractivity contribution >= 4 is 57.2 Å². The summed E-state index contributed by atoms with van der Waals surface area (Å²) in [5.74, 6) is 0.491. The molecule has 54 heavy (non-hydrogen) atoms. The number of rotatable bonds is 4. The van der Waals surface area contributed by atoms with Gasteiger partial charge in [0.15, 0.2) is 0 Å². The first kappa shape index (κ1) is 32.8. The van der Waals surface area contributed by atoms with Crippen LogP contribution >= 0.6 is 0 Å². The third-order valence-corrected chi connectivity index (χ3v) is 12.2. The monoisotopic (exact) mass is 696 g/mol. The van der Waals surface area contributed by atoms with Crippen LogP contribution < -0.4 is 26.2 Å². The van der Waals surface area contributed by atoms with Crippen LogP contribution in [-0.4, -0.2) is 6.71 Å². The maximum absolute atomic E-state index is 2.63. The van der Waals surface area contributed by atoms with Gasteiger partial charge in [0.2, 0.25) is 0 Å². The van der Waals surface area contributed by atoms with E-state index in [2.05, 4.69) is 203 Å². The Bertz CT molecular complexity index is 2610. The number of nitrogens with zero attached hydrogens (tertiary/aromatic N) is 2. The summed E-state index contributed by atoms with van der Waals surface area (Å²) in [5.41, 5.74) is 22.4. The summed E-state index contributed by atoms with van der Waals surface area (Å²) in [6.07, 6.45) is 0. The molecule has 0 radical (unpaired) electrons. The molecule has 0 aliphatic carbocycles. The lowest BCUT2D eigenvalue weighted by Crippen LogP contribution is -2.62. The van der Waals surface area contributed by atoms with Crippen molar-refractivity contribution in [1.82, 2.24) is 0 Å². The molecule has 0 aromatic heterocycles. The Morgan fingerprint density at radius 3 is 1.93 bits per heavy atom. The van der Waals surface area contributed by atoms with Gasteiger partial charge >= 0.3 is 0 Å². The van der Waals surface area contributed by atoms with Crippen LogP contribution in [0.15, 0.2) is 152 Å². The van der Waals surface area contributed by atoms with E-state index in [0.29, 0.717) is 5.92 Å².